The van der Waals surface area contributed by atoms with Crippen molar-refractivity contribution >= 4 is 5.91 Å². The highest BCUT2D eigenvalue weighted by molar-refractivity contribution is 5.79. The van der Waals surface area contributed by atoms with Crippen molar-refractivity contribution in [3.8, 4) is 5.75 Å². The van der Waals surface area contributed by atoms with Crippen LogP contribution in [-0.4, -0.2) is 28.0 Å². The van der Waals surface area contributed by atoms with Crippen molar-refractivity contribution in [3.05, 3.63) is 29.8 Å². The maximum absolute atomic E-state index is 12.4. The molecule has 3 heteroatoms. The molecule has 0 radical (unpaired) electrons. The van der Waals surface area contributed by atoms with E-state index in [0.29, 0.717) is 18.5 Å². The van der Waals surface area contributed by atoms with Gasteiger partial charge < -0.3 is 10.0 Å². The maximum Gasteiger partial charge on any atom is 0.227 e. The molecule has 1 saturated heterocycles. The average Bonchev–Trinajstić information content (AvgIpc) is 2.70. The number of rotatable bonds is 3. The van der Waals surface area contributed by atoms with Crippen LogP contribution in [0.2, 0.25) is 0 Å². The molecule has 0 bridgehead atoms. The molecule has 2 rings (SSSR count). The standard InChI is InChI=1S/C15H21NO2/c1-3-13-8-7-11(2)16(13)15(18)10-12-5-4-6-14(17)9-12/h4-6,9,11,13,17H,3,7-8,10H2,1-2H3. The van der Waals surface area contributed by atoms with Gasteiger partial charge in [-0.2, -0.15) is 0 Å². The number of hydrogen-bond donors (Lipinski definition) is 1. The van der Waals surface area contributed by atoms with E-state index in [2.05, 4.69) is 13.8 Å². The first-order valence-corrected chi connectivity index (χ1v) is 6.71. The topological polar surface area (TPSA) is 40.5 Å². The summed E-state index contributed by atoms with van der Waals surface area (Å²) in [5.74, 6) is 0.402. The summed E-state index contributed by atoms with van der Waals surface area (Å²) >= 11 is 0. The van der Waals surface area contributed by atoms with Crippen molar-refractivity contribution in [2.75, 3.05) is 0 Å². The number of carbonyl (C=O) groups is 1. The minimum atomic E-state index is 0.178. The third-order valence-corrected chi connectivity index (χ3v) is 3.81. The number of phenols is 1. The van der Waals surface area contributed by atoms with E-state index in [1.54, 1.807) is 18.2 Å². The van der Waals surface area contributed by atoms with E-state index in [1.807, 2.05) is 11.0 Å². The summed E-state index contributed by atoms with van der Waals surface area (Å²) < 4.78 is 0. The molecule has 1 aromatic carbocycles. The highest BCUT2D eigenvalue weighted by atomic mass is 16.3. The normalized spacial score (nSPS) is 23.3. The Balaban J connectivity index is 2.07. The number of aromatic hydroxyl groups is 1. The largest absolute Gasteiger partial charge is 0.508 e. The zero-order chi connectivity index (χ0) is 13.1. The summed E-state index contributed by atoms with van der Waals surface area (Å²) in [6, 6.07) is 7.70. The van der Waals surface area contributed by atoms with E-state index < -0.39 is 0 Å². The fraction of sp³-hybridized carbons (Fsp3) is 0.533. The van der Waals surface area contributed by atoms with Crippen molar-refractivity contribution in [2.45, 2.75) is 51.6 Å². The zero-order valence-electron chi connectivity index (χ0n) is 11.1. The summed E-state index contributed by atoms with van der Waals surface area (Å²) in [7, 11) is 0. The minimum absolute atomic E-state index is 0.178. The highest BCUT2D eigenvalue weighted by Gasteiger charge is 2.32. The van der Waals surface area contributed by atoms with Crippen molar-refractivity contribution < 1.29 is 9.90 Å². The molecule has 1 heterocycles. The van der Waals surface area contributed by atoms with Gasteiger partial charge in [-0.15, -0.1) is 0 Å². The number of amides is 1. The number of nitrogens with zero attached hydrogens (tertiary/aromatic N) is 1. The first-order chi connectivity index (χ1) is 8.61. The number of hydrogen-bond acceptors (Lipinski definition) is 2. The van der Waals surface area contributed by atoms with E-state index >= 15 is 0 Å². The molecule has 0 aromatic heterocycles. The van der Waals surface area contributed by atoms with Gasteiger partial charge in [-0.25, -0.2) is 0 Å². The summed E-state index contributed by atoms with van der Waals surface area (Å²) in [6.07, 6.45) is 3.62. The van der Waals surface area contributed by atoms with Gasteiger partial charge in [-0.05, 0) is 43.9 Å². The van der Waals surface area contributed by atoms with Gasteiger partial charge in [0.15, 0.2) is 0 Å². The molecular weight excluding hydrogens is 226 g/mol. The molecule has 0 aliphatic carbocycles. The van der Waals surface area contributed by atoms with E-state index in [4.69, 9.17) is 0 Å². The van der Waals surface area contributed by atoms with Crippen LogP contribution in [0, 0.1) is 0 Å². The fourth-order valence-corrected chi connectivity index (χ4v) is 2.85. The lowest BCUT2D eigenvalue weighted by Gasteiger charge is -2.28. The van der Waals surface area contributed by atoms with Crippen LogP contribution in [0.1, 0.15) is 38.7 Å². The molecule has 1 aromatic rings. The van der Waals surface area contributed by atoms with Crippen LogP contribution in [0.25, 0.3) is 0 Å². The minimum Gasteiger partial charge on any atom is -0.508 e. The molecule has 1 N–H and O–H groups in total. The molecule has 18 heavy (non-hydrogen) atoms. The third-order valence-electron chi connectivity index (χ3n) is 3.81. The molecule has 1 amide bonds. The number of likely N-dealkylation sites (tertiary alicyclic amines) is 1. The molecule has 1 fully saturated rings. The average molecular weight is 247 g/mol. The Kier molecular flexibility index (Phi) is 3.90. The molecule has 0 saturated carbocycles. The third kappa shape index (κ3) is 2.66. The van der Waals surface area contributed by atoms with Gasteiger partial charge in [0.1, 0.15) is 5.75 Å². The van der Waals surface area contributed by atoms with E-state index in [-0.39, 0.29) is 11.7 Å². The van der Waals surface area contributed by atoms with Crippen LogP contribution in [-0.2, 0) is 11.2 Å². The fourth-order valence-electron chi connectivity index (χ4n) is 2.85. The van der Waals surface area contributed by atoms with Crippen LogP contribution in [0.5, 0.6) is 5.75 Å². The SMILES string of the molecule is CCC1CCC(C)N1C(=O)Cc1cccc(O)c1. The second-order valence-electron chi connectivity index (χ2n) is 5.14. The van der Waals surface area contributed by atoms with Crippen molar-refractivity contribution in [3.63, 3.8) is 0 Å². The lowest BCUT2D eigenvalue weighted by atomic mass is 10.1. The van der Waals surface area contributed by atoms with Gasteiger partial charge in [-0.3, -0.25) is 4.79 Å². The Labute approximate surface area is 108 Å². The van der Waals surface area contributed by atoms with E-state index in [9.17, 15) is 9.90 Å². The second-order valence-corrected chi connectivity index (χ2v) is 5.14. The van der Waals surface area contributed by atoms with Crippen molar-refractivity contribution in [2.24, 2.45) is 0 Å². The molecule has 2 atom stereocenters. The van der Waals surface area contributed by atoms with E-state index in [0.717, 1.165) is 24.8 Å². The Morgan fingerprint density at radius 2 is 2.22 bits per heavy atom. The lowest BCUT2D eigenvalue weighted by Crippen LogP contribution is -2.40. The highest BCUT2D eigenvalue weighted by Crippen LogP contribution is 2.27. The molecular formula is C15H21NO2. The monoisotopic (exact) mass is 247 g/mol. The van der Waals surface area contributed by atoms with Crippen LogP contribution in [0.4, 0.5) is 0 Å². The van der Waals surface area contributed by atoms with Gasteiger partial charge in [0.2, 0.25) is 5.91 Å². The van der Waals surface area contributed by atoms with Crippen molar-refractivity contribution in [1.82, 2.24) is 4.90 Å². The number of benzene rings is 1. The quantitative estimate of drug-likeness (QED) is 0.892. The van der Waals surface area contributed by atoms with Gasteiger partial charge in [0, 0.05) is 12.1 Å². The molecule has 1 aliphatic rings. The van der Waals surface area contributed by atoms with Crippen LogP contribution < -0.4 is 0 Å². The van der Waals surface area contributed by atoms with Gasteiger partial charge in [0.25, 0.3) is 0 Å². The van der Waals surface area contributed by atoms with Crippen LogP contribution >= 0.6 is 0 Å². The molecule has 0 spiro atoms. The Morgan fingerprint density at radius 3 is 2.89 bits per heavy atom. The summed E-state index contributed by atoms with van der Waals surface area (Å²) in [4.78, 5) is 14.4. The van der Waals surface area contributed by atoms with Gasteiger partial charge in [0.05, 0.1) is 6.42 Å². The van der Waals surface area contributed by atoms with E-state index in [1.165, 1.54) is 0 Å². The Hall–Kier alpha value is -1.51. The number of carbonyl (C=O) groups excluding carboxylic acids is 1. The summed E-state index contributed by atoms with van der Waals surface area (Å²) in [6.45, 7) is 4.26. The van der Waals surface area contributed by atoms with Crippen LogP contribution in [0.3, 0.4) is 0 Å². The van der Waals surface area contributed by atoms with Gasteiger partial charge in [-0.1, -0.05) is 19.1 Å². The predicted octanol–water partition coefficient (Wildman–Crippen LogP) is 2.72. The lowest BCUT2D eigenvalue weighted by molar-refractivity contribution is -0.133. The predicted molar refractivity (Wildman–Crippen MR) is 71.4 cm³/mol. The summed E-state index contributed by atoms with van der Waals surface area (Å²) in [5, 5.41) is 9.42. The first kappa shape index (κ1) is 12.9. The molecule has 1 aliphatic heterocycles. The summed E-state index contributed by atoms with van der Waals surface area (Å²) in [5.41, 5.74) is 0.883. The Bertz CT molecular complexity index is 430. The van der Waals surface area contributed by atoms with Crippen LogP contribution in [0.15, 0.2) is 24.3 Å². The molecule has 98 valence electrons. The molecule has 2 unspecified atom stereocenters. The van der Waals surface area contributed by atoms with Crippen molar-refractivity contribution in [1.29, 1.82) is 0 Å². The molecule has 3 nitrogen and oxygen atoms in total. The first-order valence-electron chi connectivity index (χ1n) is 6.71. The smallest absolute Gasteiger partial charge is 0.227 e. The Morgan fingerprint density at radius 1 is 1.44 bits per heavy atom. The second kappa shape index (κ2) is 5.42. The zero-order valence-corrected chi connectivity index (χ0v) is 11.1. The maximum atomic E-state index is 12.4. The van der Waals surface area contributed by atoms with Gasteiger partial charge >= 0.3 is 0 Å². The number of phenolic OH excluding ortho intramolecular Hbond substituents is 1.